The fraction of sp³-hybridized carbons (Fsp3) is 0.682. The molecular weight excluding hydrogens is 745 g/mol. The Morgan fingerprint density at radius 2 is 1.48 bits per heavy atom. The highest BCUT2D eigenvalue weighted by molar-refractivity contribution is 6.38. The molecule has 1 unspecified atom stereocenters. The first kappa shape index (κ1) is 46.2. The molecule has 0 radical (unpaired) electrons. The molecule has 3 fully saturated rings. The van der Waals surface area contributed by atoms with E-state index < -0.39 is 83.4 Å². The number of Topliss-reactive ketones (excluding diaryl/α,β-unsaturated/α-hetero) is 3. The van der Waals surface area contributed by atoms with Crippen molar-refractivity contribution in [1.82, 2.24) is 15.5 Å². The Morgan fingerprint density at radius 1 is 0.862 bits per heavy atom. The molecule has 1 saturated heterocycles. The van der Waals surface area contributed by atoms with Crippen LogP contribution in [-0.2, 0) is 43.1 Å². The van der Waals surface area contributed by atoms with Crippen molar-refractivity contribution in [3.05, 3.63) is 35.9 Å². The van der Waals surface area contributed by atoms with E-state index >= 15 is 0 Å². The van der Waals surface area contributed by atoms with Crippen LogP contribution in [-0.4, -0.2) is 87.3 Å². The molecule has 1 aromatic carbocycles. The van der Waals surface area contributed by atoms with Crippen LogP contribution in [0.4, 0.5) is 0 Å². The lowest BCUT2D eigenvalue weighted by Crippen LogP contribution is -2.56. The van der Waals surface area contributed by atoms with Gasteiger partial charge in [0, 0.05) is 44.1 Å². The maximum absolute atomic E-state index is 14.7. The monoisotopic (exact) mass is 808 g/mol. The maximum Gasteiger partial charge on any atom is 0.306 e. The summed E-state index contributed by atoms with van der Waals surface area (Å²) in [5.74, 6) is -7.00. The molecule has 1 aromatic rings. The van der Waals surface area contributed by atoms with E-state index in [1.54, 1.807) is 30.3 Å². The topological polar surface area (TPSA) is 219 Å². The number of nitrogens with zero attached hydrogens (tertiary/aromatic N) is 1. The first-order valence-corrected chi connectivity index (χ1v) is 21.1. The van der Waals surface area contributed by atoms with E-state index in [-0.39, 0.29) is 61.7 Å². The lowest BCUT2D eigenvalue weighted by atomic mass is 9.80. The number of hydrogen-bond donors (Lipinski definition) is 4. The minimum absolute atomic E-state index is 0.0604. The van der Waals surface area contributed by atoms with Crippen molar-refractivity contribution >= 4 is 46.9 Å². The highest BCUT2D eigenvalue weighted by atomic mass is 16.5. The van der Waals surface area contributed by atoms with E-state index in [1.165, 1.54) is 4.90 Å². The summed E-state index contributed by atoms with van der Waals surface area (Å²) >= 11 is 0. The summed E-state index contributed by atoms with van der Waals surface area (Å²) in [5, 5.41) is 15.1. The van der Waals surface area contributed by atoms with Gasteiger partial charge in [-0.05, 0) is 83.1 Å². The largest absolute Gasteiger partial charge is 0.481 e. The van der Waals surface area contributed by atoms with Gasteiger partial charge >= 0.3 is 5.97 Å². The number of likely N-dealkylation sites (tertiary alicyclic amines) is 1. The number of hydrogen-bond acceptors (Lipinski definition) is 9. The summed E-state index contributed by atoms with van der Waals surface area (Å²) in [5.41, 5.74) is 5.41. The Morgan fingerprint density at radius 3 is 2.05 bits per heavy atom. The van der Waals surface area contributed by atoms with Gasteiger partial charge in [0.05, 0.1) is 23.7 Å². The zero-order valence-electron chi connectivity index (χ0n) is 34.8. The van der Waals surface area contributed by atoms with Gasteiger partial charge in [-0.3, -0.25) is 38.4 Å². The second kappa shape index (κ2) is 21.0. The van der Waals surface area contributed by atoms with Crippen molar-refractivity contribution in [3.63, 3.8) is 0 Å². The molecule has 5 atom stereocenters. The number of primary amides is 1. The Labute approximate surface area is 342 Å². The summed E-state index contributed by atoms with van der Waals surface area (Å²) in [7, 11) is 0. The molecule has 320 valence electrons. The number of benzene rings is 1. The highest BCUT2D eigenvalue weighted by Crippen LogP contribution is 2.34. The molecular formula is C44H64N4O10. The summed E-state index contributed by atoms with van der Waals surface area (Å²) in [6, 6.07) is 5.46. The zero-order valence-corrected chi connectivity index (χ0v) is 34.8. The minimum atomic E-state index is -1.11. The number of amides is 4. The number of carboxylic acids is 1. The Bertz CT molecular complexity index is 1640. The third-order valence-electron chi connectivity index (χ3n) is 11.7. The summed E-state index contributed by atoms with van der Waals surface area (Å²) in [6.45, 7) is 9.52. The fourth-order valence-corrected chi connectivity index (χ4v) is 8.84. The number of carbonyl (C=O) groups excluding carboxylic acids is 7. The molecule has 14 heteroatoms. The van der Waals surface area contributed by atoms with Crippen LogP contribution in [0.15, 0.2) is 30.3 Å². The maximum atomic E-state index is 14.7. The first-order chi connectivity index (χ1) is 27.3. The smallest absolute Gasteiger partial charge is 0.306 e. The van der Waals surface area contributed by atoms with E-state index in [0.29, 0.717) is 31.2 Å². The lowest BCUT2D eigenvalue weighted by molar-refractivity contribution is -0.146. The summed E-state index contributed by atoms with van der Waals surface area (Å²) in [6.07, 6.45) is 4.73. The van der Waals surface area contributed by atoms with Crippen molar-refractivity contribution in [2.45, 2.75) is 154 Å². The number of ether oxygens (including phenoxy) is 1. The zero-order chi connectivity index (χ0) is 42.7. The van der Waals surface area contributed by atoms with Crippen molar-refractivity contribution in [2.24, 2.45) is 35.3 Å². The highest BCUT2D eigenvalue weighted by Gasteiger charge is 2.46. The number of carbonyl (C=O) groups is 8. The molecule has 2 saturated carbocycles. The molecule has 2 aliphatic carbocycles. The molecule has 58 heavy (non-hydrogen) atoms. The van der Waals surface area contributed by atoms with Crippen molar-refractivity contribution in [2.75, 3.05) is 6.54 Å². The van der Waals surface area contributed by atoms with Crippen LogP contribution in [0.5, 0.6) is 0 Å². The van der Waals surface area contributed by atoms with E-state index in [2.05, 4.69) is 10.6 Å². The molecule has 1 aliphatic heterocycles. The van der Waals surface area contributed by atoms with Crippen LogP contribution >= 0.6 is 0 Å². The molecule has 5 N–H and O–H groups in total. The Hall–Kier alpha value is -4.46. The van der Waals surface area contributed by atoms with Gasteiger partial charge in [-0.2, -0.15) is 0 Å². The third kappa shape index (κ3) is 13.3. The molecule has 0 aromatic heterocycles. The minimum Gasteiger partial charge on any atom is -0.481 e. The number of nitrogens with two attached hydrogens (primary N) is 1. The van der Waals surface area contributed by atoms with Crippen molar-refractivity contribution in [1.29, 1.82) is 0 Å². The van der Waals surface area contributed by atoms with Gasteiger partial charge in [-0.15, -0.1) is 0 Å². The van der Waals surface area contributed by atoms with Crippen LogP contribution in [0, 0.1) is 29.6 Å². The lowest BCUT2D eigenvalue weighted by Gasteiger charge is -2.36. The number of aliphatic carboxylic acids is 1. The Balaban J connectivity index is 1.50. The Kier molecular flexibility index (Phi) is 16.7. The molecule has 1 heterocycles. The van der Waals surface area contributed by atoms with E-state index in [4.69, 9.17) is 10.5 Å². The molecule has 4 amide bonds. The van der Waals surface area contributed by atoms with Crippen LogP contribution < -0.4 is 16.4 Å². The quantitative estimate of drug-likeness (QED) is 0.142. The predicted molar refractivity (Wildman–Crippen MR) is 215 cm³/mol. The first-order valence-electron chi connectivity index (χ1n) is 21.1. The SMILES string of the molecule is CC(C)CC(CC(=O)[C@@H]1C[C@@H](OC(C)(C)C)CN1C(=O)[C@@H](NC(=O)C1CCC(C(=O)O)CC1)C1CCCCC1)C(=O)C(=O)CCC(=O)N[C@H](C(N)=O)c1ccccc1. The normalized spacial score (nSPS) is 23.0. The number of nitrogens with one attached hydrogen (secondary N) is 2. The van der Waals surface area contributed by atoms with Crippen LogP contribution in [0.1, 0.15) is 136 Å². The number of carboxylic acid groups (broad SMARTS) is 1. The molecule has 0 spiro atoms. The van der Waals surface area contributed by atoms with Gasteiger partial charge in [-0.25, -0.2) is 0 Å². The van der Waals surface area contributed by atoms with Gasteiger partial charge in [0.1, 0.15) is 12.1 Å². The standard InChI is InChI=1S/C44H64N4O10/c1-26(2)22-31(39(52)34(49)20-21-36(51)46-37(40(45)53)27-12-8-6-9-13-27)23-35(50)33-24-32(58-44(3,4)5)25-48(33)42(55)38(28-14-10-7-11-15-28)47-41(54)29-16-18-30(19-17-29)43(56)57/h6,8-9,12-13,26,28-33,37-38H,7,10-11,14-25H2,1-5H3,(H2,45,53)(H,46,51)(H,47,54)(H,56,57)/t29?,30?,31?,32-,33+,37+,38+/m1/s1. The van der Waals surface area contributed by atoms with Gasteiger partial charge < -0.3 is 31.1 Å². The van der Waals surface area contributed by atoms with E-state index in [9.17, 15) is 43.5 Å². The van der Waals surface area contributed by atoms with Crippen molar-refractivity contribution in [3.8, 4) is 0 Å². The van der Waals surface area contributed by atoms with Crippen LogP contribution in [0.2, 0.25) is 0 Å². The fourth-order valence-electron chi connectivity index (χ4n) is 8.84. The average Bonchev–Trinajstić information content (AvgIpc) is 3.60. The van der Waals surface area contributed by atoms with E-state index in [0.717, 1.165) is 32.1 Å². The predicted octanol–water partition coefficient (Wildman–Crippen LogP) is 4.61. The molecule has 0 bridgehead atoms. The van der Waals surface area contributed by atoms with Gasteiger partial charge in [0.2, 0.25) is 29.4 Å². The van der Waals surface area contributed by atoms with Crippen LogP contribution in [0.25, 0.3) is 0 Å². The van der Waals surface area contributed by atoms with E-state index in [1.807, 2.05) is 34.6 Å². The third-order valence-corrected chi connectivity index (χ3v) is 11.7. The molecule has 3 aliphatic rings. The van der Waals surface area contributed by atoms with Gasteiger partial charge in [0.25, 0.3) is 0 Å². The second-order valence-electron chi connectivity index (χ2n) is 18.0. The molecule has 4 rings (SSSR count). The number of ketones is 3. The summed E-state index contributed by atoms with van der Waals surface area (Å²) < 4.78 is 6.30. The average molecular weight is 809 g/mol. The second-order valence-corrected chi connectivity index (χ2v) is 18.0. The van der Waals surface area contributed by atoms with Crippen LogP contribution in [0.3, 0.4) is 0 Å². The van der Waals surface area contributed by atoms with Crippen molar-refractivity contribution < 1.29 is 48.2 Å². The molecule has 14 nitrogen and oxygen atoms in total. The number of rotatable bonds is 19. The van der Waals surface area contributed by atoms with Gasteiger partial charge in [0.15, 0.2) is 11.6 Å². The summed E-state index contributed by atoms with van der Waals surface area (Å²) in [4.78, 5) is 108. The van der Waals surface area contributed by atoms with Gasteiger partial charge in [-0.1, -0.05) is 63.4 Å².